The quantitative estimate of drug-likeness (QED) is 0.946. The molecule has 2 aliphatic heterocycles. The summed E-state index contributed by atoms with van der Waals surface area (Å²) in [4.78, 5) is 2.29. The molecule has 1 unspecified atom stereocenters. The van der Waals surface area contributed by atoms with Gasteiger partial charge in [0, 0.05) is 19.6 Å². The molecule has 4 heteroatoms. The van der Waals surface area contributed by atoms with Gasteiger partial charge < -0.3 is 14.6 Å². The number of hydrogen-bond acceptors (Lipinski definition) is 4. The molecular formula is C19H21NO3. The minimum absolute atomic E-state index is 0.605. The Kier molecular flexibility index (Phi) is 3.71. The van der Waals surface area contributed by atoms with Crippen molar-refractivity contribution in [2.75, 3.05) is 26.3 Å². The molecule has 1 atom stereocenters. The molecule has 1 fully saturated rings. The second-order valence-electron chi connectivity index (χ2n) is 6.34. The molecule has 4 rings (SSSR count). The van der Waals surface area contributed by atoms with Crippen LogP contribution in [-0.2, 0) is 12.1 Å². The first kappa shape index (κ1) is 14.5. The fourth-order valence-electron chi connectivity index (χ4n) is 3.43. The van der Waals surface area contributed by atoms with Crippen LogP contribution in [0, 0.1) is 0 Å². The Morgan fingerprint density at radius 1 is 1.00 bits per heavy atom. The van der Waals surface area contributed by atoms with E-state index in [0.29, 0.717) is 19.8 Å². The smallest absolute Gasteiger partial charge is 0.161 e. The van der Waals surface area contributed by atoms with Crippen LogP contribution < -0.4 is 9.47 Å². The normalized spacial score (nSPS) is 23.9. The first-order chi connectivity index (χ1) is 11.2. The van der Waals surface area contributed by atoms with Crippen LogP contribution in [0.2, 0.25) is 0 Å². The topological polar surface area (TPSA) is 41.9 Å². The van der Waals surface area contributed by atoms with Crippen LogP contribution in [0.3, 0.4) is 0 Å². The predicted octanol–water partition coefficient (Wildman–Crippen LogP) is 2.55. The van der Waals surface area contributed by atoms with Gasteiger partial charge in [0.05, 0.1) is 0 Å². The van der Waals surface area contributed by atoms with E-state index in [4.69, 9.17) is 9.47 Å². The molecule has 0 spiro atoms. The van der Waals surface area contributed by atoms with Crippen LogP contribution >= 0.6 is 0 Å². The molecule has 0 amide bonds. The molecule has 1 saturated heterocycles. The SMILES string of the molecule is OC1(c2ccccc2)CCN(Cc2ccc3c(c2)OCCO3)C1. The van der Waals surface area contributed by atoms with Gasteiger partial charge in [-0.3, -0.25) is 4.90 Å². The molecule has 120 valence electrons. The summed E-state index contributed by atoms with van der Waals surface area (Å²) in [5.41, 5.74) is 1.45. The van der Waals surface area contributed by atoms with Crippen molar-refractivity contribution in [1.29, 1.82) is 0 Å². The summed E-state index contributed by atoms with van der Waals surface area (Å²) in [6.45, 7) is 3.58. The number of aliphatic hydroxyl groups is 1. The lowest BCUT2D eigenvalue weighted by atomic mass is 9.93. The van der Waals surface area contributed by atoms with Crippen molar-refractivity contribution in [3.8, 4) is 11.5 Å². The number of likely N-dealkylation sites (tertiary alicyclic amines) is 1. The molecule has 4 nitrogen and oxygen atoms in total. The standard InChI is InChI=1S/C19H21NO3/c21-19(16-4-2-1-3-5-16)8-9-20(14-19)13-15-6-7-17-18(12-15)23-11-10-22-17/h1-7,12,21H,8-11,13-14H2. The van der Waals surface area contributed by atoms with Crippen LogP contribution in [0.25, 0.3) is 0 Å². The first-order valence-corrected chi connectivity index (χ1v) is 8.12. The Labute approximate surface area is 136 Å². The van der Waals surface area contributed by atoms with Gasteiger partial charge in [-0.1, -0.05) is 36.4 Å². The van der Waals surface area contributed by atoms with Crippen LogP contribution in [0.5, 0.6) is 11.5 Å². The Morgan fingerprint density at radius 3 is 2.61 bits per heavy atom. The van der Waals surface area contributed by atoms with Crippen LogP contribution in [0.4, 0.5) is 0 Å². The van der Waals surface area contributed by atoms with E-state index in [1.165, 1.54) is 5.56 Å². The molecular weight excluding hydrogens is 290 g/mol. The highest BCUT2D eigenvalue weighted by Gasteiger charge is 2.37. The zero-order chi connectivity index (χ0) is 15.7. The van der Waals surface area contributed by atoms with Crippen molar-refractivity contribution in [3.63, 3.8) is 0 Å². The summed E-state index contributed by atoms with van der Waals surface area (Å²) < 4.78 is 11.2. The maximum Gasteiger partial charge on any atom is 0.161 e. The third-order valence-electron chi connectivity index (χ3n) is 4.65. The number of β-amino-alcohol motifs (C(OH)–C–C–N with tert-alkyl or cyclic N) is 1. The van der Waals surface area contributed by atoms with Crippen molar-refractivity contribution in [1.82, 2.24) is 4.90 Å². The molecule has 2 aromatic rings. The van der Waals surface area contributed by atoms with Gasteiger partial charge in [0.15, 0.2) is 11.5 Å². The summed E-state index contributed by atoms with van der Waals surface area (Å²) in [5, 5.41) is 10.9. The van der Waals surface area contributed by atoms with Crippen molar-refractivity contribution in [3.05, 3.63) is 59.7 Å². The highest BCUT2D eigenvalue weighted by atomic mass is 16.6. The van der Waals surface area contributed by atoms with Crippen molar-refractivity contribution in [2.45, 2.75) is 18.6 Å². The number of ether oxygens (including phenoxy) is 2. The third kappa shape index (κ3) is 2.92. The van der Waals surface area contributed by atoms with Gasteiger partial charge in [0.2, 0.25) is 0 Å². The summed E-state index contributed by atoms with van der Waals surface area (Å²) in [7, 11) is 0. The summed E-state index contributed by atoms with van der Waals surface area (Å²) in [6.07, 6.45) is 0.765. The molecule has 2 aliphatic rings. The molecule has 2 heterocycles. The van der Waals surface area contributed by atoms with E-state index in [0.717, 1.165) is 36.6 Å². The average Bonchev–Trinajstić information content (AvgIpc) is 2.98. The van der Waals surface area contributed by atoms with Crippen molar-refractivity contribution >= 4 is 0 Å². The van der Waals surface area contributed by atoms with Crippen LogP contribution in [-0.4, -0.2) is 36.3 Å². The Morgan fingerprint density at radius 2 is 1.78 bits per heavy atom. The van der Waals surface area contributed by atoms with Gasteiger partial charge in [-0.05, 0) is 29.7 Å². The lowest BCUT2D eigenvalue weighted by molar-refractivity contribution is 0.0453. The number of nitrogens with zero attached hydrogens (tertiary/aromatic N) is 1. The summed E-state index contributed by atoms with van der Waals surface area (Å²) >= 11 is 0. The lowest BCUT2D eigenvalue weighted by Crippen LogP contribution is -2.30. The second kappa shape index (κ2) is 5.87. The van der Waals surface area contributed by atoms with E-state index in [9.17, 15) is 5.11 Å². The van der Waals surface area contributed by atoms with Gasteiger partial charge in [0.1, 0.15) is 18.8 Å². The van der Waals surface area contributed by atoms with Gasteiger partial charge in [-0.25, -0.2) is 0 Å². The van der Waals surface area contributed by atoms with Gasteiger partial charge in [-0.15, -0.1) is 0 Å². The van der Waals surface area contributed by atoms with E-state index in [1.54, 1.807) is 0 Å². The molecule has 0 radical (unpaired) electrons. The first-order valence-electron chi connectivity index (χ1n) is 8.12. The van der Waals surface area contributed by atoms with Crippen LogP contribution in [0.1, 0.15) is 17.5 Å². The average molecular weight is 311 g/mol. The minimum Gasteiger partial charge on any atom is -0.486 e. The third-order valence-corrected chi connectivity index (χ3v) is 4.65. The predicted molar refractivity (Wildman–Crippen MR) is 87.7 cm³/mol. The fraction of sp³-hybridized carbons (Fsp3) is 0.368. The molecule has 0 bridgehead atoms. The number of rotatable bonds is 3. The highest BCUT2D eigenvalue weighted by Crippen LogP contribution is 2.34. The summed E-state index contributed by atoms with van der Waals surface area (Å²) in [5.74, 6) is 1.65. The Balaban J connectivity index is 1.46. The number of fused-ring (bicyclic) bond motifs is 1. The van der Waals surface area contributed by atoms with Gasteiger partial charge >= 0.3 is 0 Å². The van der Waals surface area contributed by atoms with Crippen molar-refractivity contribution < 1.29 is 14.6 Å². The van der Waals surface area contributed by atoms with E-state index in [2.05, 4.69) is 11.0 Å². The van der Waals surface area contributed by atoms with E-state index in [1.807, 2.05) is 42.5 Å². The monoisotopic (exact) mass is 311 g/mol. The Bertz CT molecular complexity index is 688. The Hall–Kier alpha value is -2.04. The molecule has 23 heavy (non-hydrogen) atoms. The molecule has 0 aromatic heterocycles. The lowest BCUT2D eigenvalue weighted by Gasteiger charge is -2.24. The molecule has 0 aliphatic carbocycles. The van der Waals surface area contributed by atoms with E-state index in [-0.39, 0.29) is 0 Å². The maximum absolute atomic E-state index is 10.9. The zero-order valence-electron chi connectivity index (χ0n) is 13.1. The molecule has 0 saturated carbocycles. The van der Waals surface area contributed by atoms with Gasteiger partial charge in [0.25, 0.3) is 0 Å². The van der Waals surface area contributed by atoms with Gasteiger partial charge in [-0.2, -0.15) is 0 Å². The fourth-order valence-corrected chi connectivity index (χ4v) is 3.43. The number of hydrogen-bond donors (Lipinski definition) is 1. The van der Waals surface area contributed by atoms with Crippen molar-refractivity contribution in [2.24, 2.45) is 0 Å². The molecule has 1 N–H and O–H groups in total. The second-order valence-corrected chi connectivity index (χ2v) is 6.34. The minimum atomic E-state index is -0.741. The largest absolute Gasteiger partial charge is 0.486 e. The van der Waals surface area contributed by atoms with E-state index < -0.39 is 5.60 Å². The molecule has 2 aromatic carbocycles. The van der Waals surface area contributed by atoms with Crippen LogP contribution in [0.15, 0.2) is 48.5 Å². The highest BCUT2D eigenvalue weighted by molar-refractivity contribution is 5.43. The number of benzene rings is 2. The van der Waals surface area contributed by atoms with E-state index >= 15 is 0 Å². The maximum atomic E-state index is 10.9. The zero-order valence-corrected chi connectivity index (χ0v) is 13.1. The summed E-state index contributed by atoms with van der Waals surface area (Å²) in [6, 6.07) is 16.1.